The summed E-state index contributed by atoms with van der Waals surface area (Å²) in [6.45, 7) is 5.04. The lowest BCUT2D eigenvalue weighted by Crippen LogP contribution is -2.43. The van der Waals surface area contributed by atoms with Gasteiger partial charge in [0.25, 0.3) is 12.1 Å². The van der Waals surface area contributed by atoms with Crippen molar-refractivity contribution in [2.24, 2.45) is 0 Å². The van der Waals surface area contributed by atoms with Crippen molar-refractivity contribution in [2.75, 3.05) is 12.9 Å². The Morgan fingerprint density at radius 3 is 2.51 bits per heavy atom. The Bertz CT molecular complexity index is 1470. The van der Waals surface area contributed by atoms with Crippen molar-refractivity contribution in [2.45, 2.75) is 62.4 Å². The van der Waals surface area contributed by atoms with E-state index in [2.05, 4.69) is 11.8 Å². The maximum atomic E-state index is 14.2. The molecule has 8 nitrogen and oxygen atoms in total. The number of rotatable bonds is 7. The maximum Gasteiger partial charge on any atom is 0.286 e. The third-order valence-corrected chi connectivity index (χ3v) is 7.41. The van der Waals surface area contributed by atoms with Crippen molar-refractivity contribution in [1.82, 2.24) is 0 Å². The van der Waals surface area contributed by atoms with E-state index >= 15 is 0 Å². The van der Waals surface area contributed by atoms with Crippen molar-refractivity contribution in [3.05, 3.63) is 62.2 Å². The minimum atomic E-state index is -3.60. The Hall–Kier alpha value is -3.54. The number of ether oxygens (including phenoxy) is 1. The molecule has 0 saturated carbocycles. The lowest BCUT2D eigenvalue weighted by atomic mass is 9.73. The Balaban J connectivity index is 2.00. The van der Waals surface area contributed by atoms with Crippen LogP contribution in [0.15, 0.2) is 29.2 Å². The summed E-state index contributed by atoms with van der Waals surface area (Å²) in [5.74, 6) is 5.41. The number of nitrogens with zero attached hydrogens (tertiary/aromatic N) is 2. The number of halogens is 2. The predicted octanol–water partition coefficient (Wildman–Crippen LogP) is 4.22. The van der Waals surface area contributed by atoms with Gasteiger partial charge < -0.3 is 9.84 Å². The Labute approximate surface area is 214 Å². The standard InChI is InChI=1S/C26H26F2N2O6S/c1-16-10-17(14-29)11-22(30(32)33)20(16)6-5-8-26(31,24(27)28)15-25(2,3)21-13-19(37(4,34)35)12-18-7-9-36-23(18)21/h10-13,24,31H,7-9,15H2,1-4H3. The third kappa shape index (κ3) is 5.90. The van der Waals surface area contributed by atoms with Crippen molar-refractivity contribution < 1.29 is 32.0 Å². The molecule has 1 unspecified atom stereocenters. The van der Waals surface area contributed by atoms with Crippen LogP contribution < -0.4 is 4.74 Å². The summed E-state index contributed by atoms with van der Waals surface area (Å²) >= 11 is 0. The molecule has 0 fully saturated rings. The monoisotopic (exact) mass is 532 g/mol. The molecule has 1 N–H and O–H groups in total. The van der Waals surface area contributed by atoms with Crippen LogP contribution in [0.2, 0.25) is 0 Å². The SMILES string of the molecule is Cc1cc(C#N)cc([N+](=O)[O-])c1C#CCC(O)(CC(C)(C)c1cc(S(C)(=O)=O)cc2c1OCC2)C(F)F. The largest absolute Gasteiger partial charge is 0.493 e. The Morgan fingerprint density at radius 2 is 1.95 bits per heavy atom. The van der Waals surface area contributed by atoms with Crippen LogP contribution in [0, 0.1) is 40.2 Å². The van der Waals surface area contributed by atoms with Gasteiger partial charge in [0.15, 0.2) is 9.84 Å². The van der Waals surface area contributed by atoms with E-state index in [9.17, 15) is 32.4 Å². The second-order valence-corrected chi connectivity index (χ2v) is 11.8. The van der Waals surface area contributed by atoms with Crippen molar-refractivity contribution in [3.8, 4) is 23.7 Å². The van der Waals surface area contributed by atoms with E-state index in [-0.39, 0.29) is 16.0 Å². The van der Waals surface area contributed by atoms with E-state index in [0.29, 0.717) is 35.5 Å². The zero-order valence-electron chi connectivity index (χ0n) is 20.8. The molecule has 196 valence electrons. The van der Waals surface area contributed by atoms with Gasteiger partial charge in [0.1, 0.15) is 16.9 Å². The molecular formula is C26H26F2N2O6S. The van der Waals surface area contributed by atoms with Gasteiger partial charge in [-0.1, -0.05) is 25.7 Å². The number of fused-ring (bicyclic) bond motifs is 1. The molecule has 11 heteroatoms. The number of alkyl halides is 2. The summed E-state index contributed by atoms with van der Waals surface area (Å²) in [6.07, 6.45) is -2.90. The molecule has 0 amide bonds. The minimum absolute atomic E-state index is 0.0313. The molecule has 1 atom stereocenters. The molecular weight excluding hydrogens is 506 g/mol. The number of aliphatic hydroxyl groups is 1. The molecule has 1 aliphatic heterocycles. The fourth-order valence-electron chi connectivity index (χ4n) is 4.50. The minimum Gasteiger partial charge on any atom is -0.493 e. The highest BCUT2D eigenvalue weighted by Gasteiger charge is 2.44. The number of hydrogen-bond acceptors (Lipinski definition) is 7. The van der Waals surface area contributed by atoms with Crippen LogP contribution >= 0.6 is 0 Å². The van der Waals surface area contributed by atoms with Gasteiger partial charge in [0, 0.05) is 30.7 Å². The lowest BCUT2D eigenvalue weighted by molar-refractivity contribution is -0.385. The first-order valence-corrected chi connectivity index (χ1v) is 13.2. The predicted molar refractivity (Wildman–Crippen MR) is 131 cm³/mol. The van der Waals surface area contributed by atoms with Crippen molar-refractivity contribution in [3.63, 3.8) is 0 Å². The van der Waals surface area contributed by atoms with E-state index < -0.39 is 50.7 Å². The first-order valence-electron chi connectivity index (χ1n) is 11.3. The first kappa shape index (κ1) is 28.0. The van der Waals surface area contributed by atoms with Crippen LogP contribution in [0.4, 0.5) is 14.5 Å². The van der Waals surface area contributed by atoms with E-state index in [1.807, 2.05) is 6.07 Å². The number of benzene rings is 2. The van der Waals surface area contributed by atoms with Gasteiger partial charge >= 0.3 is 0 Å². The van der Waals surface area contributed by atoms with Crippen LogP contribution in [0.1, 0.15) is 54.5 Å². The topological polar surface area (TPSA) is 131 Å². The van der Waals surface area contributed by atoms with E-state index in [1.165, 1.54) is 25.1 Å². The number of nitro benzene ring substituents is 1. The summed E-state index contributed by atoms with van der Waals surface area (Å²) in [6, 6.07) is 7.16. The molecule has 0 aromatic heterocycles. The summed E-state index contributed by atoms with van der Waals surface area (Å²) in [4.78, 5) is 10.8. The highest BCUT2D eigenvalue weighted by molar-refractivity contribution is 7.90. The number of aryl methyl sites for hydroxylation is 1. The Kier molecular flexibility index (Phi) is 7.64. The van der Waals surface area contributed by atoms with E-state index in [4.69, 9.17) is 10.00 Å². The maximum absolute atomic E-state index is 14.2. The molecule has 0 bridgehead atoms. The molecule has 3 rings (SSSR count). The van der Waals surface area contributed by atoms with Gasteiger partial charge in [-0.2, -0.15) is 5.26 Å². The van der Waals surface area contributed by atoms with E-state index in [0.717, 1.165) is 12.3 Å². The second kappa shape index (κ2) is 10.1. The first-order chi connectivity index (χ1) is 17.1. The molecule has 0 saturated heterocycles. The zero-order chi connectivity index (χ0) is 27.8. The summed E-state index contributed by atoms with van der Waals surface area (Å²) in [5, 5.41) is 31.5. The lowest BCUT2D eigenvalue weighted by Gasteiger charge is -2.36. The second-order valence-electron chi connectivity index (χ2n) is 9.83. The normalized spacial score (nSPS) is 14.7. The third-order valence-electron chi connectivity index (χ3n) is 6.32. The Morgan fingerprint density at radius 1 is 1.27 bits per heavy atom. The van der Waals surface area contributed by atoms with Crippen LogP contribution in [-0.2, 0) is 21.7 Å². The smallest absolute Gasteiger partial charge is 0.286 e. The average molecular weight is 533 g/mol. The molecule has 2 aromatic rings. The van der Waals surface area contributed by atoms with Crippen LogP contribution in [0.5, 0.6) is 5.75 Å². The summed E-state index contributed by atoms with van der Waals surface area (Å²) in [7, 11) is -3.60. The number of sulfone groups is 1. The van der Waals surface area contributed by atoms with Gasteiger partial charge in [-0.3, -0.25) is 10.1 Å². The molecule has 37 heavy (non-hydrogen) atoms. The van der Waals surface area contributed by atoms with Gasteiger partial charge in [0.05, 0.1) is 28.1 Å². The number of nitro groups is 1. The van der Waals surface area contributed by atoms with Crippen LogP contribution in [-0.4, -0.2) is 43.3 Å². The van der Waals surface area contributed by atoms with Gasteiger partial charge in [-0.15, -0.1) is 0 Å². The highest BCUT2D eigenvalue weighted by atomic mass is 32.2. The molecule has 0 radical (unpaired) electrons. The molecule has 0 spiro atoms. The quantitative estimate of drug-likeness (QED) is 0.321. The zero-order valence-corrected chi connectivity index (χ0v) is 21.6. The van der Waals surface area contributed by atoms with Crippen LogP contribution in [0.25, 0.3) is 0 Å². The summed E-state index contributed by atoms with van der Waals surface area (Å²) in [5.41, 5.74) is -2.82. The summed E-state index contributed by atoms with van der Waals surface area (Å²) < 4.78 is 58.5. The highest BCUT2D eigenvalue weighted by Crippen LogP contribution is 2.44. The molecule has 1 heterocycles. The van der Waals surface area contributed by atoms with Gasteiger partial charge in [-0.25, -0.2) is 17.2 Å². The van der Waals surface area contributed by atoms with Gasteiger partial charge in [0.2, 0.25) is 0 Å². The van der Waals surface area contributed by atoms with Gasteiger partial charge in [-0.05, 0) is 48.1 Å². The van der Waals surface area contributed by atoms with Crippen molar-refractivity contribution in [1.29, 1.82) is 5.26 Å². The van der Waals surface area contributed by atoms with Crippen LogP contribution in [0.3, 0.4) is 0 Å². The molecule has 2 aromatic carbocycles. The average Bonchev–Trinajstić information content (AvgIpc) is 3.26. The fourth-order valence-corrected chi connectivity index (χ4v) is 5.19. The molecule has 1 aliphatic rings. The number of nitriles is 1. The fraction of sp³-hybridized carbons (Fsp3) is 0.423. The number of hydrogen-bond donors (Lipinski definition) is 1. The molecule has 0 aliphatic carbocycles. The van der Waals surface area contributed by atoms with E-state index in [1.54, 1.807) is 13.8 Å². The van der Waals surface area contributed by atoms with Crippen molar-refractivity contribution >= 4 is 15.5 Å².